The molecule has 150 valence electrons. The van der Waals surface area contributed by atoms with Gasteiger partial charge >= 0.3 is 5.97 Å². The molecule has 1 fully saturated rings. The molecule has 1 heterocycles. The molecule has 29 heavy (non-hydrogen) atoms. The molecule has 1 saturated heterocycles. The van der Waals surface area contributed by atoms with Gasteiger partial charge in [0.25, 0.3) is 5.91 Å². The fraction of sp³-hybridized carbons (Fsp3) is 0.150. The Balaban J connectivity index is 1.92. The van der Waals surface area contributed by atoms with E-state index in [9.17, 15) is 9.59 Å². The van der Waals surface area contributed by atoms with Crippen LogP contribution in [-0.4, -0.2) is 48.3 Å². The highest BCUT2D eigenvalue weighted by Crippen LogP contribution is 2.38. The average molecular weight is 433 g/mol. The van der Waals surface area contributed by atoms with E-state index in [4.69, 9.17) is 26.2 Å². The molecule has 0 spiro atoms. The van der Waals surface area contributed by atoms with E-state index in [1.54, 1.807) is 37.4 Å². The van der Waals surface area contributed by atoms with Crippen LogP contribution >= 0.6 is 23.4 Å². The van der Waals surface area contributed by atoms with E-state index in [2.05, 4.69) is 4.99 Å². The lowest BCUT2D eigenvalue weighted by molar-refractivity contribution is -0.121. The molecule has 1 N–H and O–H groups in total. The minimum absolute atomic E-state index is 0.168. The number of hydrogen-bond acceptors (Lipinski definition) is 6. The van der Waals surface area contributed by atoms with Crippen LogP contribution in [0.2, 0.25) is 5.02 Å². The van der Waals surface area contributed by atoms with Crippen LogP contribution in [0.4, 0.5) is 5.69 Å². The Hall–Kier alpha value is -2.97. The van der Waals surface area contributed by atoms with Gasteiger partial charge < -0.3 is 14.6 Å². The van der Waals surface area contributed by atoms with Gasteiger partial charge in [-0.2, -0.15) is 0 Å². The van der Waals surface area contributed by atoms with Crippen molar-refractivity contribution in [2.24, 2.45) is 4.99 Å². The number of benzene rings is 2. The van der Waals surface area contributed by atoms with Gasteiger partial charge in [0, 0.05) is 18.7 Å². The maximum Gasteiger partial charge on any atom is 0.335 e. The lowest BCUT2D eigenvalue weighted by Crippen LogP contribution is -2.23. The molecular weight excluding hydrogens is 416 g/mol. The van der Waals surface area contributed by atoms with Crippen molar-refractivity contribution >= 4 is 52.2 Å². The molecule has 0 saturated carbocycles. The van der Waals surface area contributed by atoms with E-state index in [0.717, 1.165) is 0 Å². The van der Waals surface area contributed by atoms with Gasteiger partial charge in [0.05, 0.1) is 35.4 Å². The minimum Gasteiger partial charge on any atom is -0.496 e. The summed E-state index contributed by atoms with van der Waals surface area (Å²) < 4.78 is 10.6. The molecule has 2 aromatic rings. The number of carbonyl (C=O) groups excluding carboxylic acids is 1. The van der Waals surface area contributed by atoms with E-state index < -0.39 is 5.97 Å². The number of amides is 1. The van der Waals surface area contributed by atoms with Crippen molar-refractivity contribution in [3.8, 4) is 11.5 Å². The number of halogens is 1. The quantitative estimate of drug-likeness (QED) is 0.709. The van der Waals surface area contributed by atoms with Gasteiger partial charge in [-0.25, -0.2) is 9.79 Å². The standard InChI is InChI=1S/C20H17ClN2O5S/c1-23-18(24)17(9-12-8-14(21)16(28-3)10-15(12)27-2)29-20(23)22-13-6-4-11(5-7-13)19(25)26/h4-10H,1-3H3,(H,25,26)/b17-9-,22-20?. The molecular formula is C20H17ClN2O5S. The third-order valence-corrected chi connectivity index (χ3v) is 5.49. The number of carbonyl (C=O) groups is 2. The molecule has 1 amide bonds. The zero-order valence-electron chi connectivity index (χ0n) is 15.8. The average Bonchev–Trinajstić information content (AvgIpc) is 2.96. The van der Waals surface area contributed by atoms with Gasteiger partial charge in [-0.15, -0.1) is 0 Å². The normalized spacial score (nSPS) is 16.6. The van der Waals surface area contributed by atoms with Crippen molar-refractivity contribution in [1.29, 1.82) is 0 Å². The molecule has 1 aliphatic heterocycles. The van der Waals surface area contributed by atoms with Gasteiger partial charge in [0.1, 0.15) is 11.5 Å². The van der Waals surface area contributed by atoms with Crippen LogP contribution in [0.15, 0.2) is 46.3 Å². The van der Waals surface area contributed by atoms with E-state index in [0.29, 0.717) is 37.8 Å². The third kappa shape index (κ3) is 4.38. The van der Waals surface area contributed by atoms with Crippen LogP contribution in [0, 0.1) is 0 Å². The Kier molecular flexibility index (Phi) is 6.14. The number of nitrogens with zero attached hydrogens (tertiary/aromatic N) is 2. The highest BCUT2D eigenvalue weighted by molar-refractivity contribution is 8.18. The predicted molar refractivity (Wildman–Crippen MR) is 113 cm³/mol. The number of aromatic carboxylic acids is 1. The van der Waals surface area contributed by atoms with Crippen LogP contribution in [-0.2, 0) is 4.79 Å². The second-order valence-corrected chi connectivity index (χ2v) is 7.37. The van der Waals surface area contributed by atoms with E-state index >= 15 is 0 Å². The van der Waals surface area contributed by atoms with Gasteiger partial charge in [-0.1, -0.05) is 11.6 Å². The van der Waals surface area contributed by atoms with E-state index in [1.165, 1.54) is 43.0 Å². The number of ether oxygens (including phenoxy) is 2. The summed E-state index contributed by atoms with van der Waals surface area (Å²) in [5, 5.41) is 9.85. The summed E-state index contributed by atoms with van der Waals surface area (Å²) in [6, 6.07) is 9.42. The lowest BCUT2D eigenvalue weighted by Gasteiger charge is -2.10. The van der Waals surface area contributed by atoms with Gasteiger partial charge in [0.15, 0.2) is 5.17 Å². The molecule has 7 nitrogen and oxygen atoms in total. The Labute approximate surface area is 176 Å². The summed E-state index contributed by atoms with van der Waals surface area (Å²) >= 11 is 7.41. The maximum absolute atomic E-state index is 12.6. The number of likely N-dealkylation sites (N-methyl/N-ethyl adjacent to an activating group) is 1. The Morgan fingerprint density at radius 3 is 2.41 bits per heavy atom. The van der Waals surface area contributed by atoms with Gasteiger partial charge in [-0.3, -0.25) is 9.69 Å². The number of hydrogen-bond donors (Lipinski definition) is 1. The van der Waals surface area contributed by atoms with Crippen molar-refractivity contribution in [3.63, 3.8) is 0 Å². The van der Waals surface area contributed by atoms with E-state index in [1.807, 2.05) is 0 Å². The summed E-state index contributed by atoms with van der Waals surface area (Å²) in [5.74, 6) is -0.237. The number of methoxy groups -OCH3 is 2. The van der Waals surface area contributed by atoms with Gasteiger partial charge in [0.2, 0.25) is 0 Å². The van der Waals surface area contributed by atoms with Gasteiger partial charge in [-0.05, 0) is 48.2 Å². The van der Waals surface area contributed by atoms with Crippen molar-refractivity contribution in [2.75, 3.05) is 21.3 Å². The fourth-order valence-corrected chi connectivity index (χ4v) is 3.80. The fourth-order valence-electron chi connectivity index (χ4n) is 2.58. The first-order chi connectivity index (χ1) is 13.8. The third-order valence-electron chi connectivity index (χ3n) is 4.13. The first kappa shape index (κ1) is 20.8. The van der Waals surface area contributed by atoms with Crippen LogP contribution < -0.4 is 9.47 Å². The Bertz CT molecular complexity index is 1030. The molecule has 0 aromatic heterocycles. The van der Waals surface area contributed by atoms with Crippen LogP contribution in [0.5, 0.6) is 11.5 Å². The zero-order valence-corrected chi connectivity index (χ0v) is 17.4. The minimum atomic E-state index is -1.01. The molecule has 0 aliphatic carbocycles. The van der Waals surface area contributed by atoms with Crippen molar-refractivity contribution in [2.45, 2.75) is 0 Å². The smallest absolute Gasteiger partial charge is 0.335 e. The zero-order chi connectivity index (χ0) is 21.1. The molecule has 2 aromatic carbocycles. The monoisotopic (exact) mass is 432 g/mol. The topological polar surface area (TPSA) is 88.4 Å². The highest BCUT2D eigenvalue weighted by Gasteiger charge is 2.30. The molecule has 0 unspecified atom stereocenters. The molecule has 1 aliphatic rings. The lowest BCUT2D eigenvalue weighted by atomic mass is 10.1. The number of amidine groups is 1. The predicted octanol–water partition coefficient (Wildman–Crippen LogP) is 4.29. The van der Waals surface area contributed by atoms with Crippen LogP contribution in [0.3, 0.4) is 0 Å². The van der Waals surface area contributed by atoms with Crippen molar-refractivity contribution in [1.82, 2.24) is 4.90 Å². The summed E-state index contributed by atoms with van der Waals surface area (Å²) in [6.07, 6.45) is 1.68. The summed E-state index contributed by atoms with van der Waals surface area (Å²) in [4.78, 5) is 29.9. The Morgan fingerprint density at radius 2 is 1.83 bits per heavy atom. The highest BCUT2D eigenvalue weighted by atomic mass is 35.5. The van der Waals surface area contributed by atoms with E-state index in [-0.39, 0.29) is 11.5 Å². The first-order valence-electron chi connectivity index (χ1n) is 8.35. The first-order valence-corrected chi connectivity index (χ1v) is 9.54. The number of aliphatic imine (C=N–C) groups is 1. The molecule has 0 radical (unpaired) electrons. The molecule has 3 rings (SSSR count). The second kappa shape index (κ2) is 8.59. The summed E-state index contributed by atoms with van der Waals surface area (Å²) in [5.41, 5.74) is 1.35. The molecule has 9 heteroatoms. The number of thioether (sulfide) groups is 1. The number of rotatable bonds is 5. The second-order valence-electron chi connectivity index (χ2n) is 5.95. The molecule has 0 atom stereocenters. The summed E-state index contributed by atoms with van der Waals surface area (Å²) in [6.45, 7) is 0. The van der Waals surface area contributed by atoms with Crippen LogP contribution in [0.25, 0.3) is 6.08 Å². The largest absolute Gasteiger partial charge is 0.496 e. The summed E-state index contributed by atoms with van der Waals surface area (Å²) in [7, 11) is 4.66. The maximum atomic E-state index is 12.6. The van der Waals surface area contributed by atoms with Crippen LogP contribution in [0.1, 0.15) is 15.9 Å². The van der Waals surface area contributed by atoms with Crippen molar-refractivity contribution in [3.05, 3.63) is 57.5 Å². The SMILES string of the molecule is COc1cc(OC)c(/C=C2\SC(=Nc3ccc(C(=O)O)cc3)N(C)C2=O)cc1Cl. The Morgan fingerprint density at radius 1 is 1.17 bits per heavy atom. The number of carboxylic acid groups (broad SMARTS) is 1. The molecule has 0 bridgehead atoms. The number of carboxylic acids is 1. The van der Waals surface area contributed by atoms with Crippen molar-refractivity contribution < 1.29 is 24.2 Å².